The van der Waals surface area contributed by atoms with Gasteiger partial charge in [-0.25, -0.2) is 0 Å². The maximum atomic E-state index is 9.21. The van der Waals surface area contributed by atoms with Crippen molar-refractivity contribution in [1.29, 1.82) is 0 Å². The van der Waals surface area contributed by atoms with Gasteiger partial charge in [0.25, 0.3) is 0 Å². The molecule has 3 nitrogen and oxygen atoms in total. The highest BCUT2D eigenvalue weighted by atomic mass is 16.3. The molecule has 0 amide bonds. The second-order valence-electron chi connectivity index (χ2n) is 4.05. The Kier molecular flexibility index (Phi) is 5.90. The van der Waals surface area contributed by atoms with E-state index in [2.05, 4.69) is 17.1 Å². The molecule has 0 heterocycles. The van der Waals surface area contributed by atoms with E-state index in [9.17, 15) is 5.11 Å². The highest BCUT2D eigenvalue weighted by Crippen LogP contribution is 2.11. The lowest BCUT2D eigenvalue weighted by atomic mass is 10.2. The van der Waals surface area contributed by atoms with Gasteiger partial charge in [0.2, 0.25) is 0 Å². The molecule has 1 aromatic rings. The van der Waals surface area contributed by atoms with Crippen LogP contribution >= 0.6 is 0 Å². The lowest BCUT2D eigenvalue weighted by molar-refractivity contribution is 0.268. The Bertz CT molecular complexity index is 284. The van der Waals surface area contributed by atoms with Crippen molar-refractivity contribution in [3.05, 3.63) is 29.8 Å². The van der Waals surface area contributed by atoms with E-state index in [1.54, 1.807) is 12.1 Å². The Balaban J connectivity index is 2.49. The van der Waals surface area contributed by atoms with E-state index in [1.165, 1.54) is 12.0 Å². The fraction of sp³-hybridized carbons (Fsp3) is 0.538. The average molecular weight is 222 g/mol. The van der Waals surface area contributed by atoms with Gasteiger partial charge in [-0.3, -0.25) is 4.90 Å². The van der Waals surface area contributed by atoms with Gasteiger partial charge in [-0.2, -0.15) is 0 Å². The third-order valence-corrected chi connectivity index (χ3v) is 2.56. The van der Waals surface area contributed by atoms with Crippen molar-refractivity contribution in [2.45, 2.75) is 19.9 Å². The molecule has 0 aliphatic heterocycles. The van der Waals surface area contributed by atoms with Gasteiger partial charge in [0.15, 0.2) is 0 Å². The van der Waals surface area contributed by atoms with Gasteiger partial charge < -0.3 is 10.4 Å². The fourth-order valence-corrected chi connectivity index (χ4v) is 1.72. The molecule has 0 spiro atoms. The van der Waals surface area contributed by atoms with E-state index in [0.717, 1.165) is 26.2 Å². The maximum absolute atomic E-state index is 9.21. The Morgan fingerprint density at radius 2 is 1.88 bits per heavy atom. The Morgan fingerprint density at radius 1 is 1.19 bits per heavy atom. The standard InChI is InChI=1S/C13H22N2O/c1-3-9-15(10-8-14-2)11-12-4-6-13(16)7-5-12/h4-7,14,16H,3,8-11H2,1-2H3. The van der Waals surface area contributed by atoms with Crippen LogP contribution in [0.2, 0.25) is 0 Å². The minimum absolute atomic E-state index is 0.334. The van der Waals surface area contributed by atoms with Crippen LogP contribution in [0.3, 0.4) is 0 Å². The van der Waals surface area contributed by atoms with Gasteiger partial charge in [0.05, 0.1) is 0 Å². The number of phenols is 1. The summed E-state index contributed by atoms with van der Waals surface area (Å²) in [6.07, 6.45) is 1.17. The van der Waals surface area contributed by atoms with Crippen LogP contribution in [0.25, 0.3) is 0 Å². The van der Waals surface area contributed by atoms with Crippen LogP contribution in [-0.4, -0.2) is 36.7 Å². The summed E-state index contributed by atoms with van der Waals surface area (Å²) in [5.74, 6) is 0.334. The molecule has 3 heteroatoms. The molecule has 0 aliphatic carbocycles. The second kappa shape index (κ2) is 7.25. The van der Waals surface area contributed by atoms with E-state index in [0.29, 0.717) is 5.75 Å². The highest BCUT2D eigenvalue weighted by Gasteiger charge is 2.04. The molecular formula is C13H22N2O. The van der Waals surface area contributed by atoms with E-state index in [1.807, 2.05) is 19.2 Å². The summed E-state index contributed by atoms with van der Waals surface area (Å²) in [6.45, 7) is 6.34. The first-order valence-corrected chi connectivity index (χ1v) is 5.91. The van der Waals surface area contributed by atoms with Crippen LogP contribution in [0.1, 0.15) is 18.9 Å². The molecule has 0 unspecified atom stereocenters. The van der Waals surface area contributed by atoms with E-state index in [4.69, 9.17) is 0 Å². The number of phenolic OH excluding ortho intramolecular Hbond substituents is 1. The number of likely N-dealkylation sites (N-methyl/N-ethyl adjacent to an activating group) is 1. The molecule has 90 valence electrons. The topological polar surface area (TPSA) is 35.5 Å². The van der Waals surface area contributed by atoms with Crippen molar-refractivity contribution in [2.24, 2.45) is 0 Å². The van der Waals surface area contributed by atoms with Crippen molar-refractivity contribution in [3.8, 4) is 5.75 Å². The zero-order chi connectivity index (χ0) is 11.8. The van der Waals surface area contributed by atoms with Crippen LogP contribution in [-0.2, 0) is 6.54 Å². The summed E-state index contributed by atoms with van der Waals surface area (Å²) in [4.78, 5) is 2.42. The SMILES string of the molecule is CCCN(CCNC)Cc1ccc(O)cc1. The summed E-state index contributed by atoms with van der Waals surface area (Å²) < 4.78 is 0. The largest absolute Gasteiger partial charge is 0.508 e. The predicted molar refractivity (Wildman–Crippen MR) is 67.6 cm³/mol. The Hall–Kier alpha value is -1.06. The molecule has 0 aromatic heterocycles. The minimum Gasteiger partial charge on any atom is -0.508 e. The monoisotopic (exact) mass is 222 g/mol. The molecule has 1 rings (SSSR count). The normalized spacial score (nSPS) is 10.9. The van der Waals surface area contributed by atoms with Gasteiger partial charge in [-0.1, -0.05) is 19.1 Å². The summed E-state index contributed by atoms with van der Waals surface area (Å²) in [5, 5.41) is 12.4. The van der Waals surface area contributed by atoms with Crippen LogP contribution in [0.5, 0.6) is 5.75 Å². The van der Waals surface area contributed by atoms with E-state index >= 15 is 0 Å². The zero-order valence-corrected chi connectivity index (χ0v) is 10.2. The molecular weight excluding hydrogens is 200 g/mol. The van der Waals surface area contributed by atoms with Gasteiger partial charge in [0, 0.05) is 19.6 Å². The fourth-order valence-electron chi connectivity index (χ4n) is 1.72. The first-order valence-electron chi connectivity index (χ1n) is 5.91. The molecule has 0 atom stereocenters. The molecule has 0 saturated heterocycles. The number of hydrogen-bond acceptors (Lipinski definition) is 3. The Labute approximate surface area is 98.1 Å². The maximum Gasteiger partial charge on any atom is 0.115 e. The molecule has 0 fully saturated rings. The van der Waals surface area contributed by atoms with Crippen molar-refractivity contribution < 1.29 is 5.11 Å². The van der Waals surface area contributed by atoms with Crippen molar-refractivity contribution in [1.82, 2.24) is 10.2 Å². The van der Waals surface area contributed by atoms with Crippen LogP contribution in [0.4, 0.5) is 0 Å². The van der Waals surface area contributed by atoms with Crippen LogP contribution in [0, 0.1) is 0 Å². The third-order valence-electron chi connectivity index (χ3n) is 2.56. The quantitative estimate of drug-likeness (QED) is 0.738. The number of hydrogen-bond donors (Lipinski definition) is 2. The second-order valence-corrected chi connectivity index (χ2v) is 4.05. The highest BCUT2D eigenvalue weighted by molar-refractivity contribution is 5.25. The first kappa shape index (κ1) is 13.0. The average Bonchev–Trinajstić information content (AvgIpc) is 2.29. The lowest BCUT2D eigenvalue weighted by Gasteiger charge is -2.21. The number of aromatic hydroxyl groups is 1. The third kappa shape index (κ3) is 4.64. The van der Waals surface area contributed by atoms with Crippen LogP contribution < -0.4 is 5.32 Å². The summed E-state index contributed by atoms with van der Waals surface area (Å²) in [7, 11) is 1.98. The number of nitrogens with one attached hydrogen (secondary N) is 1. The predicted octanol–water partition coefficient (Wildman–Crippen LogP) is 1.82. The van der Waals surface area contributed by atoms with E-state index < -0.39 is 0 Å². The molecule has 0 saturated carbocycles. The number of rotatable bonds is 7. The van der Waals surface area contributed by atoms with Crippen molar-refractivity contribution in [2.75, 3.05) is 26.7 Å². The van der Waals surface area contributed by atoms with Gasteiger partial charge in [-0.05, 0) is 37.7 Å². The smallest absolute Gasteiger partial charge is 0.115 e. The Morgan fingerprint density at radius 3 is 2.44 bits per heavy atom. The first-order chi connectivity index (χ1) is 7.76. The lowest BCUT2D eigenvalue weighted by Crippen LogP contribution is -2.31. The molecule has 16 heavy (non-hydrogen) atoms. The molecule has 0 aliphatic rings. The van der Waals surface area contributed by atoms with Crippen molar-refractivity contribution in [3.63, 3.8) is 0 Å². The van der Waals surface area contributed by atoms with Gasteiger partial charge >= 0.3 is 0 Å². The summed E-state index contributed by atoms with van der Waals surface area (Å²) in [6, 6.07) is 7.46. The summed E-state index contributed by atoms with van der Waals surface area (Å²) >= 11 is 0. The van der Waals surface area contributed by atoms with Gasteiger partial charge in [0.1, 0.15) is 5.75 Å². The molecule has 2 N–H and O–H groups in total. The molecule has 1 aromatic carbocycles. The number of nitrogens with zero attached hydrogens (tertiary/aromatic N) is 1. The van der Waals surface area contributed by atoms with Crippen LogP contribution in [0.15, 0.2) is 24.3 Å². The zero-order valence-electron chi connectivity index (χ0n) is 10.2. The van der Waals surface area contributed by atoms with E-state index in [-0.39, 0.29) is 0 Å². The van der Waals surface area contributed by atoms with Gasteiger partial charge in [-0.15, -0.1) is 0 Å². The van der Waals surface area contributed by atoms with Crippen molar-refractivity contribution >= 4 is 0 Å². The minimum atomic E-state index is 0.334. The molecule has 0 radical (unpaired) electrons. The molecule has 0 bridgehead atoms. The summed E-state index contributed by atoms with van der Waals surface area (Å²) in [5.41, 5.74) is 1.25. The number of benzene rings is 1.